The molecule has 46 nitrogen and oxygen atoms in total. The number of methoxy groups -OCH3 is 1. The summed E-state index contributed by atoms with van der Waals surface area (Å²) in [6, 6.07) is 15.5. The molecule has 792 valence electrons. The lowest BCUT2D eigenvalue weighted by molar-refractivity contribution is 0.181. The highest BCUT2D eigenvalue weighted by Crippen LogP contribution is 2.44. The summed E-state index contributed by atoms with van der Waals surface area (Å²) in [5.74, 6) is 14.5. The van der Waals surface area contributed by atoms with Gasteiger partial charge in [0.15, 0.2) is 67.3 Å². The van der Waals surface area contributed by atoms with E-state index in [1.165, 1.54) is 77.0 Å². The predicted molar refractivity (Wildman–Crippen MR) is 593 cm³/mol. The number of halogens is 3. The average Bonchev–Trinajstić information content (AvgIpc) is 1.62. The SMILES string of the molecule is CC(C)n1cc(Nc2nc(N(C)[C@@H](C)C3CC3)c3[nH]cnc3n2)c(Cl)n1.CC(C)n1cc(Nc2nc(N(C)[C@@H](C)C3CC3)c3cc[nH]c3n2)c(Cl)n1.CC(C)n1cc(Nc2nc(N[C@@H](C)C3CC3)c3cc[nH]c3n2)c(Cl)n1.CC(C)n1ccc(Nc2nc(N[C@@H](C)C3CC3)c3[nH]cnc3n2)n1.COCc1cc(Nc2nc(N[C@@H](C)C3CC3)c3cc[nH]c3n2)n[nH]1.Cc1cc(Nc2nc(N[C@@H](C)C3CC3)c3[nH]cnc3n2)nn1C(C)C. The quantitative estimate of drug-likeness (QED) is 0.0172. The van der Waals surface area contributed by atoms with Crippen LogP contribution in [0.1, 0.15) is 229 Å². The van der Waals surface area contributed by atoms with Crippen molar-refractivity contribution in [2.45, 2.75) is 268 Å². The molecular formula is C101H136Cl3N45O. The molecule has 0 aromatic carbocycles. The number of imidazole rings is 3. The van der Waals surface area contributed by atoms with E-state index in [1.54, 1.807) is 30.8 Å². The maximum absolute atomic E-state index is 6.27. The molecule has 6 saturated carbocycles. The number of H-pyrrole nitrogens is 7. The van der Waals surface area contributed by atoms with E-state index in [0.717, 1.165) is 143 Å². The molecule has 49 heteroatoms. The zero-order chi connectivity index (χ0) is 105. The zero-order valence-electron chi connectivity index (χ0n) is 88.3. The molecule has 0 aliphatic heterocycles. The Morgan fingerprint density at radius 3 is 1.13 bits per heavy atom. The van der Waals surface area contributed by atoms with Crippen LogP contribution in [0.15, 0.2) is 98.8 Å². The third-order valence-electron chi connectivity index (χ3n) is 27.9. The van der Waals surface area contributed by atoms with Crippen molar-refractivity contribution in [3.63, 3.8) is 0 Å². The van der Waals surface area contributed by atoms with E-state index in [1.807, 2.05) is 119 Å². The van der Waals surface area contributed by atoms with Crippen LogP contribution in [0.2, 0.25) is 15.5 Å². The fourth-order valence-electron chi connectivity index (χ4n) is 17.8. The van der Waals surface area contributed by atoms with E-state index in [4.69, 9.17) is 49.5 Å². The summed E-state index contributed by atoms with van der Waals surface area (Å²) in [6.45, 7) is 36.5. The zero-order valence-corrected chi connectivity index (χ0v) is 90.6. The number of fused-ring (bicyclic) bond motifs is 6. The summed E-state index contributed by atoms with van der Waals surface area (Å²) in [4.78, 5) is 91.4. The van der Waals surface area contributed by atoms with Crippen LogP contribution < -0.4 is 63.0 Å². The summed E-state index contributed by atoms with van der Waals surface area (Å²) in [7, 11) is 5.82. The van der Waals surface area contributed by atoms with Crippen molar-refractivity contribution in [1.82, 2.24) is 164 Å². The third-order valence-corrected chi connectivity index (χ3v) is 28.8. The van der Waals surface area contributed by atoms with Crippen molar-refractivity contribution in [3.8, 4) is 0 Å². The van der Waals surface area contributed by atoms with E-state index in [0.29, 0.717) is 146 Å². The van der Waals surface area contributed by atoms with Crippen LogP contribution in [0.5, 0.6) is 0 Å². The van der Waals surface area contributed by atoms with Crippen LogP contribution in [0, 0.1) is 42.4 Å². The Balaban J connectivity index is 0.000000113. The summed E-state index contributed by atoms with van der Waals surface area (Å²) in [5.41, 5.74) is 10.9. The summed E-state index contributed by atoms with van der Waals surface area (Å²) >= 11 is 18.8. The smallest absolute Gasteiger partial charge is 0.232 e. The molecule has 17 N–H and O–H groups in total. The molecule has 18 heterocycles. The van der Waals surface area contributed by atoms with Crippen molar-refractivity contribution < 1.29 is 4.74 Å². The lowest BCUT2D eigenvalue weighted by Gasteiger charge is -2.26. The van der Waals surface area contributed by atoms with Gasteiger partial charge in [-0.15, -0.1) is 0 Å². The molecule has 18 aromatic heterocycles. The molecule has 0 spiro atoms. The molecule has 0 radical (unpaired) electrons. The van der Waals surface area contributed by atoms with Gasteiger partial charge >= 0.3 is 0 Å². The molecule has 6 atom stereocenters. The maximum atomic E-state index is 6.27. The Morgan fingerprint density at radius 2 is 0.727 bits per heavy atom. The van der Waals surface area contributed by atoms with E-state index >= 15 is 0 Å². The second-order valence-electron chi connectivity index (χ2n) is 41.5. The number of hydrogen-bond acceptors (Lipinski definition) is 34. The van der Waals surface area contributed by atoms with Crippen molar-refractivity contribution in [3.05, 3.63) is 126 Å². The predicted octanol–water partition coefficient (Wildman–Crippen LogP) is 21.7. The molecule has 6 aliphatic rings. The van der Waals surface area contributed by atoms with Gasteiger partial charge in [-0.3, -0.25) is 28.5 Å². The van der Waals surface area contributed by atoms with Gasteiger partial charge in [0.1, 0.15) is 50.9 Å². The summed E-state index contributed by atoms with van der Waals surface area (Å²) in [6.07, 6.45) is 33.5. The average molecular weight is 2100 g/mol. The van der Waals surface area contributed by atoms with Crippen molar-refractivity contribution in [1.29, 1.82) is 0 Å². The normalized spacial score (nSPS) is 15.7. The molecule has 0 unspecified atom stereocenters. The fraction of sp³-hybridized carbons (Fsp3) is 0.495. The van der Waals surface area contributed by atoms with E-state index in [-0.39, 0.29) is 18.1 Å². The Labute approximate surface area is 882 Å². The van der Waals surface area contributed by atoms with Crippen molar-refractivity contribution in [2.24, 2.45) is 35.5 Å². The minimum atomic E-state index is 0.221. The standard InChI is InChI=1S/C18H24ClN7.C17H23ClN8.C17H22ClN7.C17H24N8.C16H22N8.C16H21N7O/c1-10(2)26-9-14(15(19)24-26)21-18-22-16-13(7-8-20-16)17(23-18)25(4)11(3)12-5-6-12;1-9(2)26-7-12(14(18)24-26)21-17-22-15-13(19-8-20-15)16(23-17)25(4)10(3)11-5-6-11;1-9(2)25-8-13(14(18)24-25)21-17-22-15-12(6-7-19-15)16(23-17)20-10(3)11-4-5-11;1-9(2)25-10(3)7-13(24-25)21-17-22-15-14(18-8-19-15)16(23-17)20-11(4)12-5-6-12;1-9(2)24-7-6-12(23-24)20-16-21-14-13(17-8-18-14)15(22-16)19-10(3)11-4-5-11;1-9(10-3-4-10)18-15-12-5-6-17-14(12)20-16(21-15)19-13-7-11(8-24-2)22-23-13/h7-12H,5-6H2,1-4H3,(H2,20,21,22,23);7-11H,5-6H2,1-4H3,(H2,19,20,21,22,23);6-11H,4-5H2,1-3H3,(H3,19,20,21,22,23);7-9,11-12H,5-6H2,1-4H3,(H3,18,19,20,21,22,23,24);6-11H,4-5H2,1-3H3,(H3,17,18,19,20,21,22,23);5-7,9-10H,3-4,8H2,1-2H3,(H4,17,18,19,20,21,22,23)/t11-;2*10-;11-;10-;9-/m000000/s1. The maximum Gasteiger partial charge on any atom is 0.232 e. The van der Waals surface area contributed by atoms with Crippen LogP contribution >= 0.6 is 34.8 Å². The van der Waals surface area contributed by atoms with Gasteiger partial charge in [0.25, 0.3) is 0 Å². The van der Waals surface area contributed by atoms with Crippen molar-refractivity contribution in [2.75, 3.05) is 84.2 Å². The van der Waals surface area contributed by atoms with Crippen molar-refractivity contribution >= 4 is 207 Å². The Morgan fingerprint density at radius 1 is 0.367 bits per heavy atom. The Hall–Kier alpha value is -14.8. The number of nitrogens with one attached hydrogen (secondary N) is 17. The molecule has 150 heavy (non-hydrogen) atoms. The van der Waals surface area contributed by atoms with Gasteiger partial charge in [0, 0.05) is 136 Å². The molecule has 0 bridgehead atoms. The topological polar surface area (TPSA) is 542 Å². The highest BCUT2D eigenvalue weighted by atomic mass is 35.5. The summed E-state index contributed by atoms with van der Waals surface area (Å²) in [5, 5.41) is 66.5. The number of aryl methyl sites for hydroxylation is 1. The van der Waals surface area contributed by atoms with E-state index < -0.39 is 0 Å². The van der Waals surface area contributed by atoms with Crippen LogP contribution in [0.25, 0.3) is 66.6 Å². The van der Waals surface area contributed by atoms with Gasteiger partial charge in [-0.25, -0.2) is 15.0 Å². The number of aromatic nitrogens is 33. The molecule has 18 aromatic rings. The number of ether oxygens (including phenoxy) is 1. The third kappa shape index (κ3) is 25.2. The fourth-order valence-corrected chi connectivity index (χ4v) is 18.3. The highest BCUT2D eigenvalue weighted by Gasteiger charge is 2.37. The molecule has 6 aliphatic carbocycles. The molecular weight excluding hydrogens is 1970 g/mol. The Bertz CT molecular complexity index is 7450. The van der Waals surface area contributed by atoms with Crippen LogP contribution in [0.3, 0.4) is 0 Å². The van der Waals surface area contributed by atoms with E-state index in [9.17, 15) is 0 Å². The highest BCUT2D eigenvalue weighted by molar-refractivity contribution is 6.33. The van der Waals surface area contributed by atoms with Crippen LogP contribution in [0.4, 0.5) is 105 Å². The van der Waals surface area contributed by atoms with Gasteiger partial charge < -0.3 is 97.6 Å². The molecule has 0 saturated heterocycles. The first kappa shape index (κ1) is 104. The first-order chi connectivity index (χ1) is 72.2. The monoisotopic (exact) mass is 2100 g/mol. The summed E-state index contributed by atoms with van der Waals surface area (Å²) < 4.78 is 14.4. The largest absolute Gasteiger partial charge is 0.378 e. The molecule has 24 rings (SSSR count). The van der Waals surface area contributed by atoms with Gasteiger partial charge in [0.2, 0.25) is 35.7 Å². The van der Waals surface area contributed by atoms with E-state index in [2.05, 4.69) is 304 Å². The van der Waals surface area contributed by atoms with Crippen LogP contribution in [-0.2, 0) is 11.3 Å². The van der Waals surface area contributed by atoms with Gasteiger partial charge in [-0.2, -0.15) is 90.4 Å². The minimum Gasteiger partial charge on any atom is -0.378 e. The number of nitrogens with zero attached hydrogens (tertiary/aromatic N) is 28. The molecule has 0 amide bonds. The lowest BCUT2D eigenvalue weighted by Crippen LogP contribution is -2.31. The first-order valence-electron chi connectivity index (χ1n) is 51.9. The Kier molecular flexibility index (Phi) is 31.1. The number of rotatable bonds is 37. The lowest BCUT2D eigenvalue weighted by atomic mass is 10.2. The first-order valence-corrected chi connectivity index (χ1v) is 53.1. The van der Waals surface area contributed by atoms with Gasteiger partial charge in [-0.05, 0) is 248 Å². The second kappa shape index (κ2) is 44.9. The number of anilines is 18. The van der Waals surface area contributed by atoms with Gasteiger partial charge in [0.05, 0.1) is 83.1 Å². The minimum absolute atomic E-state index is 0.221. The molecule has 6 fully saturated rings. The number of hydrogen-bond donors (Lipinski definition) is 17. The second-order valence-corrected chi connectivity index (χ2v) is 42.5. The van der Waals surface area contributed by atoms with Gasteiger partial charge in [-0.1, -0.05) is 34.8 Å². The number of aromatic amines is 7. The van der Waals surface area contributed by atoms with Crippen LogP contribution in [-0.4, -0.2) is 221 Å².